The summed E-state index contributed by atoms with van der Waals surface area (Å²) in [6.45, 7) is 7.21. The molecule has 1 amide bonds. The van der Waals surface area contributed by atoms with Crippen LogP contribution < -0.4 is 9.80 Å². The molecule has 0 bridgehead atoms. The summed E-state index contributed by atoms with van der Waals surface area (Å²) in [6, 6.07) is 9.90. The van der Waals surface area contributed by atoms with Crippen molar-refractivity contribution in [2.24, 2.45) is 0 Å². The highest BCUT2D eigenvalue weighted by molar-refractivity contribution is 5.94. The van der Waals surface area contributed by atoms with Gasteiger partial charge in [-0.3, -0.25) is 4.79 Å². The Morgan fingerprint density at radius 3 is 2.19 bits per heavy atom. The molecule has 2 aliphatic heterocycles. The number of piperazine rings is 1. The third kappa shape index (κ3) is 3.49. The first kappa shape index (κ1) is 16.8. The fraction of sp³-hybridized carbons (Fsp3) is 0.450. The second-order valence-corrected chi connectivity index (χ2v) is 7.08. The first-order chi connectivity index (χ1) is 12.7. The number of anilines is 2. The van der Waals surface area contributed by atoms with E-state index in [2.05, 4.69) is 25.8 Å². The van der Waals surface area contributed by atoms with Crippen molar-refractivity contribution in [3.63, 3.8) is 0 Å². The van der Waals surface area contributed by atoms with E-state index in [9.17, 15) is 4.79 Å². The second kappa shape index (κ2) is 7.32. The van der Waals surface area contributed by atoms with Gasteiger partial charge in [0.05, 0.1) is 0 Å². The smallest absolute Gasteiger partial charge is 0.253 e. The van der Waals surface area contributed by atoms with Crippen molar-refractivity contribution >= 4 is 17.5 Å². The van der Waals surface area contributed by atoms with Crippen LogP contribution in [0.5, 0.6) is 0 Å². The zero-order valence-electron chi connectivity index (χ0n) is 15.3. The fourth-order valence-corrected chi connectivity index (χ4v) is 3.73. The van der Waals surface area contributed by atoms with Crippen molar-refractivity contribution < 1.29 is 4.79 Å². The van der Waals surface area contributed by atoms with Gasteiger partial charge in [-0.15, -0.1) is 0 Å². The van der Waals surface area contributed by atoms with Gasteiger partial charge in [0.2, 0.25) is 0 Å². The summed E-state index contributed by atoms with van der Waals surface area (Å²) in [5.41, 5.74) is 1.89. The highest BCUT2D eigenvalue weighted by atomic mass is 16.2. The maximum atomic E-state index is 12.7. The van der Waals surface area contributed by atoms with Crippen LogP contribution in [-0.2, 0) is 0 Å². The van der Waals surface area contributed by atoms with Crippen molar-refractivity contribution in [1.82, 2.24) is 14.9 Å². The lowest BCUT2D eigenvalue weighted by Gasteiger charge is -2.35. The standard InChI is InChI=1S/C20H25N5O/c1-16-5-4-6-17(13-16)20(26)25-11-9-24(10-12-25)19-14-18(21-15-22-19)23-7-2-3-8-23/h4-6,13-15H,2-3,7-12H2,1H3. The molecule has 0 aliphatic carbocycles. The maximum Gasteiger partial charge on any atom is 0.253 e. The van der Waals surface area contributed by atoms with Gasteiger partial charge >= 0.3 is 0 Å². The lowest BCUT2D eigenvalue weighted by atomic mass is 10.1. The van der Waals surface area contributed by atoms with Gasteiger partial charge in [-0.25, -0.2) is 9.97 Å². The van der Waals surface area contributed by atoms with E-state index in [1.165, 1.54) is 12.8 Å². The molecule has 6 nitrogen and oxygen atoms in total. The minimum Gasteiger partial charge on any atom is -0.356 e. The first-order valence-electron chi connectivity index (χ1n) is 9.38. The molecule has 3 heterocycles. The van der Waals surface area contributed by atoms with Crippen LogP contribution in [0.25, 0.3) is 0 Å². The van der Waals surface area contributed by atoms with E-state index in [-0.39, 0.29) is 5.91 Å². The molecule has 26 heavy (non-hydrogen) atoms. The van der Waals surface area contributed by atoms with E-state index < -0.39 is 0 Å². The summed E-state index contributed by atoms with van der Waals surface area (Å²) in [5, 5.41) is 0. The Labute approximate surface area is 154 Å². The Morgan fingerprint density at radius 1 is 0.885 bits per heavy atom. The Balaban J connectivity index is 1.40. The molecular formula is C20H25N5O. The normalized spacial score (nSPS) is 17.7. The molecule has 2 aliphatic rings. The van der Waals surface area contributed by atoms with Crippen molar-refractivity contribution in [1.29, 1.82) is 0 Å². The van der Waals surface area contributed by atoms with Gasteiger partial charge in [0.15, 0.2) is 0 Å². The van der Waals surface area contributed by atoms with E-state index in [4.69, 9.17) is 0 Å². The Morgan fingerprint density at radius 2 is 1.54 bits per heavy atom. The third-order valence-corrected chi connectivity index (χ3v) is 5.22. The van der Waals surface area contributed by atoms with Gasteiger partial charge in [0.25, 0.3) is 5.91 Å². The summed E-state index contributed by atoms with van der Waals surface area (Å²) in [7, 11) is 0. The SMILES string of the molecule is Cc1cccc(C(=O)N2CCN(c3cc(N4CCCC4)ncn3)CC2)c1. The van der Waals surface area contributed by atoms with Gasteiger partial charge in [0.1, 0.15) is 18.0 Å². The van der Waals surface area contributed by atoms with Gasteiger partial charge in [-0.1, -0.05) is 17.7 Å². The minimum atomic E-state index is 0.119. The van der Waals surface area contributed by atoms with E-state index >= 15 is 0 Å². The van der Waals surface area contributed by atoms with Crippen LogP contribution in [0, 0.1) is 6.92 Å². The molecule has 0 spiro atoms. The number of benzene rings is 1. The van der Waals surface area contributed by atoms with Gasteiger partial charge < -0.3 is 14.7 Å². The molecule has 2 saturated heterocycles. The number of carbonyl (C=O) groups excluding carboxylic acids is 1. The van der Waals surface area contributed by atoms with Crippen LogP contribution in [0.3, 0.4) is 0 Å². The molecule has 0 atom stereocenters. The molecule has 0 radical (unpaired) electrons. The average molecular weight is 351 g/mol. The lowest BCUT2D eigenvalue weighted by molar-refractivity contribution is 0.0746. The van der Waals surface area contributed by atoms with E-state index in [0.29, 0.717) is 0 Å². The van der Waals surface area contributed by atoms with Crippen LogP contribution in [0.4, 0.5) is 11.6 Å². The Bertz CT molecular complexity index is 779. The van der Waals surface area contributed by atoms with Crippen LogP contribution in [0.1, 0.15) is 28.8 Å². The largest absolute Gasteiger partial charge is 0.356 e. The first-order valence-corrected chi connectivity index (χ1v) is 9.38. The van der Waals surface area contributed by atoms with E-state index in [1.54, 1.807) is 6.33 Å². The Hall–Kier alpha value is -2.63. The summed E-state index contributed by atoms with van der Waals surface area (Å²) < 4.78 is 0. The van der Waals surface area contributed by atoms with Crippen molar-refractivity contribution in [3.8, 4) is 0 Å². The predicted octanol–water partition coefficient (Wildman–Crippen LogP) is 2.35. The van der Waals surface area contributed by atoms with Gasteiger partial charge in [-0.05, 0) is 31.9 Å². The van der Waals surface area contributed by atoms with Crippen LogP contribution in [0.2, 0.25) is 0 Å². The molecule has 0 unspecified atom stereocenters. The average Bonchev–Trinajstić information content (AvgIpc) is 3.23. The summed E-state index contributed by atoms with van der Waals surface area (Å²) in [4.78, 5) is 28.1. The summed E-state index contributed by atoms with van der Waals surface area (Å²) in [6.07, 6.45) is 4.13. The molecule has 1 aromatic carbocycles. The third-order valence-electron chi connectivity index (χ3n) is 5.22. The topological polar surface area (TPSA) is 52.6 Å². The Kier molecular flexibility index (Phi) is 4.73. The number of amides is 1. The minimum absolute atomic E-state index is 0.119. The zero-order valence-corrected chi connectivity index (χ0v) is 15.3. The molecular weight excluding hydrogens is 326 g/mol. The molecule has 1 aromatic heterocycles. The lowest BCUT2D eigenvalue weighted by Crippen LogP contribution is -2.49. The number of hydrogen-bond donors (Lipinski definition) is 0. The number of aromatic nitrogens is 2. The summed E-state index contributed by atoms with van der Waals surface area (Å²) in [5.74, 6) is 2.10. The number of nitrogens with zero attached hydrogens (tertiary/aromatic N) is 5. The van der Waals surface area contributed by atoms with E-state index in [1.807, 2.05) is 36.1 Å². The van der Waals surface area contributed by atoms with Gasteiger partial charge in [0, 0.05) is 50.9 Å². The fourth-order valence-electron chi connectivity index (χ4n) is 3.73. The van der Waals surface area contributed by atoms with Crippen molar-refractivity contribution in [2.45, 2.75) is 19.8 Å². The molecule has 4 rings (SSSR count). The van der Waals surface area contributed by atoms with Crippen LogP contribution in [0.15, 0.2) is 36.7 Å². The highest BCUT2D eigenvalue weighted by Gasteiger charge is 2.24. The highest BCUT2D eigenvalue weighted by Crippen LogP contribution is 2.22. The zero-order chi connectivity index (χ0) is 17.9. The van der Waals surface area contributed by atoms with Crippen LogP contribution >= 0.6 is 0 Å². The summed E-state index contributed by atoms with van der Waals surface area (Å²) >= 11 is 0. The van der Waals surface area contributed by atoms with Crippen molar-refractivity contribution in [3.05, 3.63) is 47.8 Å². The monoisotopic (exact) mass is 351 g/mol. The predicted molar refractivity (Wildman–Crippen MR) is 103 cm³/mol. The molecule has 0 N–H and O–H groups in total. The van der Waals surface area contributed by atoms with Crippen LogP contribution in [-0.4, -0.2) is 60.0 Å². The molecule has 136 valence electrons. The number of aryl methyl sites for hydroxylation is 1. The van der Waals surface area contributed by atoms with Gasteiger partial charge in [-0.2, -0.15) is 0 Å². The molecule has 0 saturated carbocycles. The number of carbonyl (C=O) groups is 1. The van der Waals surface area contributed by atoms with E-state index in [0.717, 1.165) is 62.0 Å². The molecule has 2 aromatic rings. The number of rotatable bonds is 3. The number of hydrogen-bond acceptors (Lipinski definition) is 5. The molecule has 2 fully saturated rings. The quantitative estimate of drug-likeness (QED) is 0.850. The maximum absolute atomic E-state index is 12.7. The van der Waals surface area contributed by atoms with Crippen molar-refractivity contribution in [2.75, 3.05) is 49.1 Å². The second-order valence-electron chi connectivity index (χ2n) is 7.08. The molecule has 6 heteroatoms.